The minimum atomic E-state index is -1.61. The van der Waals surface area contributed by atoms with E-state index in [-0.39, 0.29) is 62.1 Å². The quantitative estimate of drug-likeness (QED) is 0.0220. The number of nitrogens with two attached hydrogens (primary N) is 1. The molecule has 0 saturated carbocycles. The molecule has 0 aromatic heterocycles. The number of primary amides is 1. The second-order valence-electron chi connectivity index (χ2n) is 22.9. The van der Waals surface area contributed by atoms with Crippen molar-refractivity contribution in [2.75, 3.05) is 24.7 Å². The molecule has 0 bridgehead atoms. The number of nitrogens with one attached hydrogen (secondary N) is 4. The summed E-state index contributed by atoms with van der Waals surface area (Å²) in [5.74, 6) is -7.22. The minimum absolute atomic E-state index is 0.00613. The third-order valence-electron chi connectivity index (χ3n) is 15.0. The Morgan fingerprint density at radius 1 is 0.410 bits per heavy atom. The van der Waals surface area contributed by atoms with Gasteiger partial charge in [-0.2, -0.15) is 11.8 Å². The summed E-state index contributed by atoms with van der Waals surface area (Å²) in [6, 6.07) is -4.23. The van der Waals surface area contributed by atoms with Crippen LogP contribution < -0.4 is 27.0 Å². The zero-order valence-corrected chi connectivity index (χ0v) is 52.9. The molecule has 83 heavy (non-hydrogen) atoms. The second kappa shape index (κ2) is 56.7. The van der Waals surface area contributed by atoms with Gasteiger partial charge in [-0.1, -0.05) is 239 Å². The van der Waals surface area contributed by atoms with Gasteiger partial charge in [0.25, 0.3) is 0 Å². The number of ether oxygens (including phenoxy) is 2. The van der Waals surface area contributed by atoms with Crippen molar-refractivity contribution < 1.29 is 62.8 Å². The first-order valence-corrected chi connectivity index (χ1v) is 34.1. The number of esters is 2. The van der Waals surface area contributed by atoms with Crippen LogP contribution in [0.4, 0.5) is 0 Å². The molecule has 5 amide bonds. The van der Waals surface area contributed by atoms with Crippen molar-refractivity contribution in [3.05, 3.63) is 0 Å². The van der Waals surface area contributed by atoms with Gasteiger partial charge in [-0.25, -0.2) is 4.79 Å². The van der Waals surface area contributed by atoms with Crippen molar-refractivity contribution in [2.24, 2.45) is 5.73 Å². The van der Waals surface area contributed by atoms with Crippen LogP contribution in [0.15, 0.2) is 0 Å². The highest BCUT2D eigenvalue weighted by Gasteiger charge is 2.29. The standard InChI is InChI=1S/C64H117N5O13S/c1-4-7-10-13-16-19-22-24-27-30-33-36-39-42-60(75)81-49-52(82-61(76)43-40-37-34-31-28-25-23-20-17-14-11-8-5-2)50-83-51-55(68-57(71)41-38-35-32-29-26-21-18-15-12-9-6-3)62(77)66-48-58(72)67-53(44-46-56(65)70)63(78)69-54(64(79)80)45-47-59(73)74/h52-55H,4-51H2,1-3H3,(H2,65,70)(H,66,77)(H,67,72)(H,68,71)(H,69,78)(H,73,74)(H,79,80)/t52-,53+,54+,55+/m1/s1. The van der Waals surface area contributed by atoms with E-state index in [1.807, 2.05) is 0 Å². The summed E-state index contributed by atoms with van der Waals surface area (Å²) < 4.78 is 11.6. The molecule has 4 atom stereocenters. The van der Waals surface area contributed by atoms with Crippen molar-refractivity contribution in [1.29, 1.82) is 0 Å². The summed E-state index contributed by atoms with van der Waals surface area (Å²) in [5.41, 5.74) is 5.30. The smallest absolute Gasteiger partial charge is 0.326 e. The van der Waals surface area contributed by atoms with Crippen LogP contribution in [-0.4, -0.2) is 113 Å². The molecule has 19 heteroatoms. The number of unbranched alkanes of at least 4 members (excludes halogenated alkanes) is 34. The SMILES string of the molecule is CCCCCCCCCCCCCCCC(=O)OC[C@H](CSC[C@H](NC(=O)CCCCCCCCCCCCC)C(=O)NCC(=O)N[C@@H](CCC(N)=O)C(=O)N[C@@H](CCC(=O)O)C(=O)O)OC(=O)CCCCCCCCCCCCCCC. The Labute approximate surface area is 505 Å². The third-order valence-corrected chi connectivity index (χ3v) is 16.1. The van der Waals surface area contributed by atoms with Gasteiger partial charge in [0.2, 0.25) is 29.5 Å². The van der Waals surface area contributed by atoms with Crippen molar-refractivity contribution in [1.82, 2.24) is 21.3 Å². The number of carbonyl (C=O) groups is 9. The van der Waals surface area contributed by atoms with Crippen LogP contribution in [0.5, 0.6) is 0 Å². The molecule has 0 fully saturated rings. The normalized spacial score (nSPS) is 12.6. The van der Waals surface area contributed by atoms with Gasteiger partial charge in [-0.05, 0) is 32.1 Å². The number of carboxylic acid groups (broad SMARTS) is 2. The van der Waals surface area contributed by atoms with E-state index >= 15 is 0 Å². The molecule has 0 aromatic rings. The highest BCUT2D eigenvalue weighted by Crippen LogP contribution is 2.18. The summed E-state index contributed by atoms with van der Waals surface area (Å²) in [4.78, 5) is 114. The Kier molecular flexibility index (Phi) is 53.7. The average molecular weight is 1200 g/mol. The zero-order valence-electron chi connectivity index (χ0n) is 52.1. The lowest BCUT2D eigenvalue weighted by Gasteiger charge is -2.22. The lowest BCUT2D eigenvalue weighted by atomic mass is 10.0. The number of carboxylic acids is 2. The van der Waals surface area contributed by atoms with E-state index < -0.39 is 85.2 Å². The molecule has 0 saturated heterocycles. The monoisotopic (exact) mass is 1200 g/mol. The summed E-state index contributed by atoms with van der Waals surface area (Å²) in [6.45, 7) is 5.82. The second-order valence-corrected chi connectivity index (χ2v) is 24.0. The maximum atomic E-state index is 13.8. The van der Waals surface area contributed by atoms with Crippen LogP contribution in [0.2, 0.25) is 0 Å². The van der Waals surface area contributed by atoms with Crippen molar-refractivity contribution in [3.8, 4) is 0 Å². The number of hydrogen-bond donors (Lipinski definition) is 7. The molecule has 0 radical (unpaired) electrons. The highest BCUT2D eigenvalue weighted by atomic mass is 32.2. The Bertz CT molecular complexity index is 1720. The van der Waals surface area contributed by atoms with Crippen molar-refractivity contribution >= 4 is 65.2 Å². The Hall–Kier alpha value is -4.42. The Morgan fingerprint density at radius 3 is 1.20 bits per heavy atom. The lowest BCUT2D eigenvalue weighted by molar-refractivity contribution is -0.157. The van der Waals surface area contributed by atoms with Crippen LogP contribution >= 0.6 is 11.8 Å². The summed E-state index contributed by atoms with van der Waals surface area (Å²) >= 11 is 1.21. The van der Waals surface area contributed by atoms with Gasteiger partial charge in [0.05, 0.1) is 6.54 Å². The number of hydrogen-bond acceptors (Lipinski definition) is 12. The highest BCUT2D eigenvalue weighted by molar-refractivity contribution is 7.99. The van der Waals surface area contributed by atoms with Gasteiger partial charge in [0, 0.05) is 43.6 Å². The Balaban J connectivity index is 5.83. The first-order chi connectivity index (χ1) is 40.1. The van der Waals surface area contributed by atoms with Gasteiger partial charge >= 0.3 is 23.9 Å². The molecule has 0 unspecified atom stereocenters. The molecule has 8 N–H and O–H groups in total. The fourth-order valence-electron chi connectivity index (χ4n) is 9.80. The van der Waals surface area contributed by atoms with Crippen LogP contribution in [0.3, 0.4) is 0 Å². The van der Waals surface area contributed by atoms with E-state index in [9.17, 15) is 48.3 Å². The fourth-order valence-corrected chi connectivity index (χ4v) is 10.8. The zero-order chi connectivity index (χ0) is 61.4. The fraction of sp³-hybridized carbons (Fsp3) is 0.859. The van der Waals surface area contributed by atoms with Gasteiger partial charge in [0.1, 0.15) is 30.8 Å². The number of aliphatic carboxylic acids is 2. The molecule has 0 aliphatic rings. The predicted octanol–water partition coefficient (Wildman–Crippen LogP) is 12.6. The van der Waals surface area contributed by atoms with Gasteiger partial charge in [-0.15, -0.1) is 0 Å². The maximum Gasteiger partial charge on any atom is 0.326 e. The molecule has 0 heterocycles. The van der Waals surface area contributed by atoms with Gasteiger partial charge < -0.3 is 46.7 Å². The third kappa shape index (κ3) is 51.7. The van der Waals surface area contributed by atoms with Gasteiger partial charge in [-0.3, -0.25) is 38.4 Å². The van der Waals surface area contributed by atoms with Crippen LogP contribution in [-0.2, 0) is 52.6 Å². The van der Waals surface area contributed by atoms with E-state index in [0.29, 0.717) is 19.3 Å². The van der Waals surface area contributed by atoms with Gasteiger partial charge in [0.15, 0.2) is 0 Å². The van der Waals surface area contributed by atoms with Crippen LogP contribution in [0.1, 0.15) is 303 Å². The minimum Gasteiger partial charge on any atom is -0.481 e. The van der Waals surface area contributed by atoms with Crippen molar-refractivity contribution in [2.45, 2.75) is 328 Å². The van der Waals surface area contributed by atoms with Crippen LogP contribution in [0, 0.1) is 0 Å². The molecule has 0 spiro atoms. The Morgan fingerprint density at radius 2 is 0.795 bits per heavy atom. The maximum absolute atomic E-state index is 13.8. The number of amides is 5. The molecule has 0 aliphatic carbocycles. The van der Waals surface area contributed by atoms with Crippen LogP contribution in [0.25, 0.3) is 0 Å². The predicted molar refractivity (Wildman–Crippen MR) is 332 cm³/mol. The first kappa shape index (κ1) is 78.6. The number of carbonyl (C=O) groups excluding carboxylic acids is 7. The van der Waals surface area contributed by atoms with E-state index in [1.54, 1.807) is 0 Å². The van der Waals surface area contributed by atoms with E-state index in [0.717, 1.165) is 64.2 Å². The van der Waals surface area contributed by atoms with E-state index in [2.05, 4.69) is 42.0 Å². The van der Waals surface area contributed by atoms with E-state index in [4.69, 9.17) is 20.3 Å². The molecule has 482 valence electrons. The first-order valence-electron chi connectivity index (χ1n) is 33.0. The molecule has 0 rings (SSSR count). The molecule has 0 aromatic carbocycles. The number of rotatable bonds is 61. The largest absolute Gasteiger partial charge is 0.481 e. The summed E-state index contributed by atoms with van der Waals surface area (Å²) in [7, 11) is 0. The van der Waals surface area contributed by atoms with Crippen molar-refractivity contribution in [3.63, 3.8) is 0 Å². The lowest BCUT2D eigenvalue weighted by Crippen LogP contribution is -2.54. The molecule has 18 nitrogen and oxygen atoms in total. The molecular formula is C64H117N5O13S. The topological polar surface area (TPSA) is 287 Å². The average Bonchev–Trinajstić information content (AvgIpc) is 3.45. The summed E-state index contributed by atoms with van der Waals surface area (Å²) in [5, 5.41) is 28.5. The summed E-state index contributed by atoms with van der Waals surface area (Å²) in [6.07, 6.45) is 40.8. The van der Waals surface area contributed by atoms with E-state index in [1.165, 1.54) is 166 Å². The molecular weight excluding hydrogens is 1080 g/mol. The number of thioether (sulfide) groups is 1. The molecule has 0 aliphatic heterocycles.